The lowest BCUT2D eigenvalue weighted by Crippen LogP contribution is -2.48. The van der Waals surface area contributed by atoms with Crippen LogP contribution in [-0.2, 0) is 9.59 Å². The van der Waals surface area contributed by atoms with Gasteiger partial charge in [0.1, 0.15) is 5.70 Å². The third-order valence-electron chi connectivity index (χ3n) is 5.64. The molecule has 5 rings (SSSR count). The number of hydrogen-bond acceptors (Lipinski definition) is 6. The molecule has 2 aliphatic heterocycles. The molecule has 0 spiro atoms. The number of imide groups is 1. The lowest BCUT2D eigenvalue weighted by molar-refractivity contribution is -0.120. The number of anilines is 2. The Bertz CT molecular complexity index is 1170. The predicted octanol–water partition coefficient (Wildman–Crippen LogP) is 3.24. The molecule has 7 nitrogen and oxygen atoms in total. The summed E-state index contributed by atoms with van der Waals surface area (Å²) in [7, 11) is 0. The molecular formula is C24H20ClN5O2. The highest BCUT2D eigenvalue weighted by Gasteiger charge is 2.43. The Kier molecular flexibility index (Phi) is 5.33. The van der Waals surface area contributed by atoms with Gasteiger partial charge < -0.3 is 9.80 Å². The van der Waals surface area contributed by atoms with Crippen molar-refractivity contribution in [3.8, 4) is 0 Å². The first-order valence-electron chi connectivity index (χ1n) is 10.3. The molecule has 2 aliphatic rings. The molecular weight excluding hydrogens is 426 g/mol. The fourth-order valence-electron chi connectivity index (χ4n) is 4.09. The summed E-state index contributed by atoms with van der Waals surface area (Å²) in [5, 5.41) is 0.545. The number of carbonyl (C=O) groups is 2. The molecule has 0 bridgehead atoms. The molecule has 160 valence electrons. The molecule has 3 aromatic rings. The van der Waals surface area contributed by atoms with Crippen molar-refractivity contribution in [3.05, 3.63) is 89.3 Å². The molecule has 0 aliphatic carbocycles. The maximum Gasteiger partial charge on any atom is 0.282 e. The van der Waals surface area contributed by atoms with Crippen molar-refractivity contribution in [2.45, 2.75) is 0 Å². The molecule has 2 amide bonds. The number of benzene rings is 2. The van der Waals surface area contributed by atoms with Crippen LogP contribution in [0.25, 0.3) is 5.57 Å². The van der Waals surface area contributed by atoms with Crippen LogP contribution in [0.2, 0.25) is 5.02 Å². The van der Waals surface area contributed by atoms with E-state index in [9.17, 15) is 9.59 Å². The average Bonchev–Trinajstić information content (AvgIpc) is 3.11. The molecule has 8 heteroatoms. The second-order valence-electron chi connectivity index (χ2n) is 7.53. The van der Waals surface area contributed by atoms with Gasteiger partial charge in [0, 0.05) is 43.6 Å². The van der Waals surface area contributed by atoms with E-state index in [-0.39, 0.29) is 11.8 Å². The minimum absolute atomic E-state index is 0.319. The Morgan fingerprint density at radius 1 is 0.719 bits per heavy atom. The van der Waals surface area contributed by atoms with Gasteiger partial charge in [-0.05, 0) is 35.9 Å². The van der Waals surface area contributed by atoms with Crippen molar-refractivity contribution in [2.75, 3.05) is 36.0 Å². The second kappa shape index (κ2) is 8.43. The molecule has 1 fully saturated rings. The maximum absolute atomic E-state index is 13.6. The predicted molar refractivity (Wildman–Crippen MR) is 123 cm³/mol. The maximum atomic E-state index is 13.6. The average molecular weight is 446 g/mol. The molecule has 1 aromatic heterocycles. The molecule has 0 atom stereocenters. The van der Waals surface area contributed by atoms with Gasteiger partial charge in [-0.2, -0.15) is 0 Å². The Labute approximate surface area is 190 Å². The minimum Gasteiger partial charge on any atom is -0.363 e. The highest BCUT2D eigenvalue weighted by atomic mass is 35.5. The Morgan fingerprint density at radius 3 is 2.00 bits per heavy atom. The van der Waals surface area contributed by atoms with E-state index < -0.39 is 0 Å². The van der Waals surface area contributed by atoms with Crippen LogP contribution in [0.1, 0.15) is 5.56 Å². The highest BCUT2D eigenvalue weighted by Crippen LogP contribution is 2.35. The first-order valence-corrected chi connectivity index (χ1v) is 10.7. The SMILES string of the molecule is O=C1C(c2ccccc2)=C(N2CCN(c3ncccn3)CC2)C(=O)N1c1ccc(Cl)cc1. The van der Waals surface area contributed by atoms with Crippen LogP contribution >= 0.6 is 11.6 Å². The number of aromatic nitrogens is 2. The van der Waals surface area contributed by atoms with E-state index in [4.69, 9.17) is 11.6 Å². The van der Waals surface area contributed by atoms with Crippen molar-refractivity contribution >= 4 is 40.6 Å². The van der Waals surface area contributed by atoms with E-state index in [0.29, 0.717) is 54.1 Å². The quantitative estimate of drug-likeness (QED) is 0.574. The summed E-state index contributed by atoms with van der Waals surface area (Å²) in [6.45, 7) is 2.46. The van der Waals surface area contributed by atoms with Crippen LogP contribution in [-0.4, -0.2) is 52.9 Å². The van der Waals surface area contributed by atoms with Crippen LogP contribution in [0.15, 0.2) is 78.8 Å². The van der Waals surface area contributed by atoms with E-state index in [2.05, 4.69) is 14.9 Å². The number of halogens is 1. The van der Waals surface area contributed by atoms with Gasteiger partial charge in [-0.1, -0.05) is 41.9 Å². The van der Waals surface area contributed by atoms with Crippen molar-refractivity contribution in [2.24, 2.45) is 0 Å². The fraction of sp³-hybridized carbons (Fsp3) is 0.167. The fourth-order valence-corrected chi connectivity index (χ4v) is 4.21. The van der Waals surface area contributed by atoms with Gasteiger partial charge in [-0.15, -0.1) is 0 Å². The van der Waals surface area contributed by atoms with Crippen LogP contribution < -0.4 is 9.80 Å². The number of carbonyl (C=O) groups excluding carboxylic acids is 2. The van der Waals surface area contributed by atoms with Gasteiger partial charge in [0.15, 0.2) is 0 Å². The number of amides is 2. The van der Waals surface area contributed by atoms with E-state index in [0.717, 1.165) is 5.56 Å². The smallest absolute Gasteiger partial charge is 0.282 e. The molecule has 3 heterocycles. The van der Waals surface area contributed by atoms with Gasteiger partial charge >= 0.3 is 0 Å². The van der Waals surface area contributed by atoms with E-state index in [1.54, 1.807) is 42.7 Å². The summed E-state index contributed by atoms with van der Waals surface area (Å²) in [5.41, 5.74) is 2.09. The van der Waals surface area contributed by atoms with Gasteiger partial charge in [0.05, 0.1) is 11.3 Å². The van der Waals surface area contributed by atoms with E-state index in [1.165, 1.54) is 4.90 Å². The monoisotopic (exact) mass is 445 g/mol. The number of nitrogens with zero attached hydrogens (tertiary/aromatic N) is 5. The Balaban J connectivity index is 1.49. The second-order valence-corrected chi connectivity index (χ2v) is 7.97. The molecule has 0 saturated carbocycles. The summed E-state index contributed by atoms with van der Waals surface area (Å²) in [4.78, 5) is 41.0. The first kappa shape index (κ1) is 20.2. The van der Waals surface area contributed by atoms with Crippen LogP contribution in [0.4, 0.5) is 11.6 Å². The summed E-state index contributed by atoms with van der Waals surface area (Å²) in [6, 6.07) is 17.9. The van der Waals surface area contributed by atoms with Crippen LogP contribution in [0.3, 0.4) is 0 Å². The summed E-state index contributed by atoms with van der Waals surface area (Å²) >= 11 is 6.01. The lowest BCUT2D eigenvalue weighted by Gasteiger charge is -2.36. The van der Waals surface area contributed by atoms with Gasteiger partial charge in [-0.3, -0.25) is 9.59 Å². The summed E-state index contributed by atoms with van der Waals surface area (Å²) in [5.74, 6) is 0.0222. The summed E-state index contributed by atoms with van der Waals surface area (Å²) < 4.78 is 0. The Morgan fingerprint density at radius 2 is 1.34 bits per heavy atom. The van der Waals surface area contributed by atoms with Crippen molar-refractivity contribution in [1.82, 2.24) is 14.9 Å². The van der Waals surface area contributed by atoms with E-state index >= 15 is 0 Å². The zero-order valence-corrected chi connectivity index (χ0v) is 17.9. The zero-order valence-electron chi connectivity index (χ0n) is 17.2. The standard InChI is InChI=1S/C24H20ClN5O2/c25-18-7-9-19(10-8-18)30-22(31)20(17-5-2-1-3-6-17)21(23(30)32)28-13-15-29(16-14-28)24-26-11-4-12-27-24/h1-12H,13-16H2. The first-order chi connectivity index (χ1) is 15.6. The third-order valence-corrected chi connectivity index (χ3v) is 5.89. The van der Waals surface area contributed by atoms with Gasteiger partial charge in [0.2, 0.25) is 5.95 Å². The van der Waals surface area contributed by atoms with E-state index in [1.807, 2.05) is 35.2 Å². The lowest BCUT2D eigenvalue weighted by atomic mass is 10.0. The topological polar surface area (TPSA) is 69.6 Å². The summed E-state index contributed by atoms with van der Waals surface area (Å²) in [6.07, 6.45) is 3.43. The number of rotatable bonds is 4. The number of hydrogen-bond donors (Lipinski definition) is 0. The normalized spacial score (nSPS) is 16.8. The van der Waals surface area contributed by atoms with Crippen molar-refractivity contribution in [1.29, 1.82) is 0 Å². The molecule has 1 saturated heterocycles. The Hall–Kier alpha value is -3.71. The molecule has 0 N–H and O–H groups in total. The molecule has 32 heavy (non-hydrogen) atoms. The van der Waals surface area contributed by atoms with Crippen LogP contribution in [0.5, 0.6) is 0 Å². The highest BCUT2D eigenvalue weighted by molar-refractivity contribution is 6.45. The largest absolute Gasteiger partial charge is 0.363 e. The molecule has 2 aromatic carbocycles. The molecule has 0 unspecified atom stereocenters. The zero-order chi connectivity index (χ0) is 22.1. The van der Waals surface area contributed by atoms with Crippen molar-refractivity contribution in [3.63, 3.8) is 0 Å². The van der Waals surface area contributed by atoms with Gasteiger partial charge in [-0.25, -0.2) is 14.9 Å². The van der Waals surface area contributed by atoms with Gasteiger partial charge in [0.25, 0.3) is 11.8 Å². The van der Waals surface area contributed by atoms with Crippen LogP contribution in [0, 0.1) is 0 Å². The molecule has 0 radical (unpaired) electrons. The van der Waals surface area contributed by atoms with Crippen molar-refractivity contribution < 1.29 is 9.59 Å². The number of piperazine rings is 1. The minimum atomic E-state index is -0.327. The third kappa shape index (κ3) is 3.61.